The fourth-order valence-electron chi connectivity index (χ4n) is 0.193. The summed E-state index contributed by atoms with van der Waals surface area (Å²) in [5.41, 5.74) is 0. The number of halogens is 5. The molecule has 13 heavy (non-hydrogen) atoms. The molecule has 2 N–H and O–H groups in total. The molecule has 0 aromatic rings. The Morgan fingerprint density at radius 3 is 1.46 bits per heavy atom. The molecule has 0 spiro atoms. The van der Waals surface area contributed by atoms with E-state index in [0.29, 0.717) is 0 Å². The molecule has 0 radical (unpaired) electrons. The van der Waals surface area contributed by atoms with Gasteiger partial charge in [-0.3, -0.25) is 0 Å². The minimum absolute atomic E-state index is 0. The standard InChI is InChI=1S/C2H2F5NO3S.Li.H/c3-1(4,5)2(6,7)11-12(8,9)10;;/h(H2,8,9,10);;. The van der Waals surface area contributed by atoms with Crippen LogP contribution in [0.25, 0.3) is 0 Å². The van der Waals surface area contributed by atoms with Crippen LogP contribution in [0.1, 0.15) is 0 Å². The van der Waals surface area contributed by atoms with Crippen LogP contribution in [0.15, 0.2) is 0 Å². The van der Waals surface area contributed by atoms with E-state index < -0.39 is 22.6 Å². The number of nitrogens with two attached hydrogens (primary N) is 1. The van der Waals surface area contributed by atoms with Crippen molar-refractivity contribution in [1.82, 2.24) is 0 Å². The zero-order valence-corrected chi connectivity index (χ0v) is 5.92. The van der Waals surface area contributed by atoms with Crippen LogP contribution in [0.3, 0.4) is 0 Å². The average molecular weight is 223 g/mol. The summed E-state index contributed by atoms with van der Waals surface area (Å²) in [6, 6.07) is 0. The normalized spacial score (nSPS) is 13.7. The van der Waals surface area contributed by atoms with Gasteiger partial charge in [0.05, 0.1) is 0 Å². The Hall–Kier alpha value is 0.117. The Bertz CT molecular complexity index is 259. The van der Waals surface area contributed by atoms with Gasteiger partial charge < -0.3 is 0 Å². The molecule has 0 saturated heterocycles. The van der Waals surface area contributed by atoms with Gasteiger partial charge in [-0.05, 0) is 0 Å². The monoisotopic (exact) mass is 223 g/mol. The van der Waals surface area contributed by atoms with Crippen molar-refractivity contribution in [1.29, 1.82) is 0 Å². The molecule has 11 heteroatoms. The van der Waals surface area contributed by atoms with Gasteiger partial charge in [0.1, 0.15) is 0 Å². The van der Waals surface area contributed by atoms with E-state index in [-0.39, 0.29) is 18.9 Å². The van der Waals surface area contributed by atoms with Crippen LogP contribution in [0.4, 0.5) is 22.0 Å². The van der Waals surface area contributed by atoms with E-state index in [1.165, 1.54) is 0 Å². The van der Waals surface area contributed by atoms with Crippen molar-refractivity contribution >= 4 is 29.2 Å². The summed E-state index contributed by atoms with van der Waals surface area (Å²) in [6.07, 6.45) is -11.9. The third-order valence-electron chi connectivity index (χ3n) is 0.551. The molecular weight excluding hydrogens is 220 g/mol. The molecule has 0 rings (SSSR count). The van der Waals surface area contributed by atoms with Crippen LogP contribution in [0.2, 0.25) is 0 Å². The zero-order chi connectivity index (χ0) is 10.2. The van der Waals surface area contributed by atoms with E-state index in [1.54, 1.807) is 0 Å². The molecule has 0 aliphatic heterocycles. The minimum atomic E-state index is -6.11. The first-order valence-electron chi connectivity index (χ1n) is 2.13. The van der Waals surface area contributed by atoms with E-state index in [2.05, 4.69) is 9.32 Å². The van der Waals surface area contributed by atoms with E-state index in [0.717, 1.165) is 0 Å². The number of alkyl halides is 5. The van der Waals surface area contributed by atoms with Crippen LogP contribution in [0.5, 0.6) is 0 Å². The maximum atomic E-state index is 11.6. The molecule has 0 aromatic heterocycles. The number of hydrogen-bond acceptors (Lipinski definition) is 3. The predicted molar refractivity (Wildman–Crippen MR) is 32.3 cm³/mol. The third-order valence-corrected chi connectivity index (χ3v) is 0.992. The fraction of sp³-hybridized carbons (Fsp3) is 1.00. The maximum absolute atomic E-state index is 11.6. The van der Waals surface area contributed by atoms with Crippen LogP contribution in [-0.2, 0) is 14.5 Å². The number of rotatable bonds is 2. The van der Waals surface area contributed by atoms with Crippen molar-refractivity contribution in [2.75, 3.05) is 0 Å². The van der Waals surface area contributed by atoms with Crippen molar-refractivity contribution in [2.24, 2.45) is 5.14 Å². The summed E-state index contributed by atoms with van der Waals surface area (Å²) in [6.45, 7) is 0. The van der Waals surface area contributed by atoms with E-state index in [4.69, 9.17) is 0 Å². The second-order valence-corrected chi connectivity index (χ2v) is 2.74. The van der Waals surface area contributed by atoms with Crippen molar-refractivity contribution in [3.05, 3.63) is 0 Å². The van der Waals surface area contributed by atoms with Gasteiger partial charge in [0, 0.05) is 0 Å². The first-order chi connectivity index (χ1) is 4.96. The molecular formula is C2H3F5LiNO3S. The molecule has 0 aromatic carbocycles. The average Bonchev–Trinajstić information content (AvgIpc) is 1.52. The molecule has 0 aliphatic rings. The van der Waals surface area contributed by atoms with Gasteiger partial charge in [-0.25, -0.2) is 5.14 Å². The van der Waals surface area contributed by atoms with E-state index in [1.807, 2.05) is 0 Å². The van der Waals surface area contributed by atoms with Crippen LogP contribution in [0, 0.1) is 0 Å². The summed E-state index contributed by atoms with van der Waals surface area (Å²) >= 11 is 0. The Labute approximate surface area is 81.7 Å². The van der Waals surface area contributed by atoms with E-state index in [9.17, 15) is 30.4 Å². The van der Waals surface area contributed by atoms with Crippen molar-refractivity contribution in [3.8, 4) is 0 Å². The SMILES string of the molecule is NS(=O)(=O)OC(F)(F)C(F)(F)F.[LiH]. The molecule has 0 aliphatic carbocycles. The van der Waals surface area contributed by atoms with Crippen molar-refractivity contribution in [3.63, 3.8) is 0 Å². The Kier molecular flexibility index (Phi) is 4.91. The van der Waals surface area contributed by atoms with Gasteiger partial charge >= 0.3 is 41.4 Å². The summed E-state index contributed by atoms with van der Waals surface area (Å²) < 4.78 is 78.4. The van der Waals surface area contributed by atoms with Crippen LogP contribution >= 0.6 is 0 Å². The fourth-order valence-corrected chi connectivity index (χ4v) is 0.579. The zero-order valence-electron chi connectivity index (χ0n) is 5.10. The summed E-state index contributed by atoms with van der Waals surface area (Å²) in [7, 11) is -5.33. The van der Waals surface area contributed by atoms with Gasteiger partial charge in [-0.2, -0.15) is 34.6 Å². The van der Waals surface area contributed by atoms with Gasteiger partial charge in [0.25, 0.3) is 0 Å². The van der Waals surface area contributed by atoms with E-state index >= 15 is 0 Å². The van der Waals surface area contributed by atoms with Gasteiger partial charge in [-0.1, -0.05) is 0 Å². The molecule has 0 bridgehead atoms. The number of hydrogen-bond donors (Lipinski definition) is 1. The van der Waals surface area contributed by atoms with Crippen molar-refractivity contribution < 1.29 is 34.6 Å². The van der Waals surface area contributed by atoms with Crippen molar-refractivity contribution in [2.45, 2.75) is 12.3 Å². The summed E-state index contributed by atoms with van der Waals surface area (Å²) in [4.78, 5) is 0. The van der Waals surface area contributed by atoms with Gasteiger partial charge in [0.2, 0.25) is 0 Å². The second kappa shape index (κ2) is 4.10. The topological polar surface area (TPSA) is 69.4 Å². The predicted octanol–water partition coefficient (Wildman–Crippen LogP) is -0.287. The molecule has 0 unspecified atom stereocenters. The molecule has 0 heterocycles. The molecule has 4 nitrogen and oxygen atoms in total. The Morgan fingerprint density at radius 2 is 1.38 bits per heavy atom. The molecule has 0 saturated carbocycles. The first kappa shape index (κ1) is 15.6. The molecule has 0 fully saturated rings. The molecule has 0 amide bonds. The molecule has 0 atom stereocenters. The Balaban J connectivity index is 0. The Morgan fingerprint density at radius 1 is 1.08 bits per heavy atom. The third kappa shape index (κ3) is 5.43. The summed E-state index contributed by atoms with van der Waals surface area (Å²) in [5, 5.41) is 3.79. The molecule has 76 valence electrons. The quantitative estimate of drug-likeness (QED) is 0.516. The van der Waals surface area contributed by atoms with Crippen LogP contribution in [-0.4, -0.2) is 39.6 Å². The second-order valence-electron chi connectivity index (χ2n) is 1.59. The van der Waals surface area contributed by atoms with Gasteiger partial charge in [-0.15, -0.1) is 0 Å². The van der Waals surface area contributed by atoms with Crippen LogP contribution < -0.4 is 5.14 Å². The van der Waals surface area contributed by atoms with Gasteiger partial charge in [0.15, 0.2) is 0 Å². The first-order valence-corrected chi connectivity index (χ1v) is 3.61. The summed E-state index contributed by atoms with van der Waals surface area (Å²) in [5.74, 6) is 0.